The first-order chi connectivity index (χ1) is 8.70. The second-order valence-corrected chi connectivity index (χ2v) is 4.49. The molecule has 0 spiro atoms. The third-order valence-corrected chi connectivity index (χ3v) is 3.01. The van der Waals surface area contributed by atoms with Crippen LogP contribution in [0.4, 0.5) is 0 Å². The number of nitrogens with zero attached hydrogens (tertiary/aromatic N) is 1. The normalized spacial score (nSPS) is 13.4. The second kappa shape index (κ2) is 7.88. The van der Waals surface area contributed by atoms with Crippen molar-refractivity contribution in [2.45, 2.75) is 45.6 Å². The quantitative estimate of drug-likeness (QED) is 0.458. The Labute approximate surface area is 109 Å². The molecule has 0 saturated heterocycles. The van der Waals surface area contributed by atoms with Crippen LogP contribution in [0.3, 0.4) is 0 Å². The Hall–Kier alpha value is -1.35. The van der Waals surface area contributed by atoms with Crippen molar-refractivity contribution in [2.24, 2.45) is 5.16 Å². The van der Waals surface area contributed by atoms with Crippen molar-refractivity contribution in [1.29, 1.82) is 0 Å². The fraction of sp³-hybridized carbons (Fsp3) is 0.533. The fourth-order valence-corrected chi connectivity index (χ4v) is 1.97. The molecule has 18 heavy (non-hydrogen) atoms. The van der Waals surface area contributed by atoms with E-state index in [1.54, 1.807) is 0 Å². The van der Waals surface area contributed by atoms with E-state index < -0.39 is 6.10 Å². The van der Waals surface area contributed by atoms with Crippen LogP contribution in [-0.2, 0) is 4.84 Å². The molecule has 0 aliphatic rings. The first-order valence-corrected chi connectivity index (χ1v) is 6.55. The Morgan fingerprint density at radius 1 is 1.33 bits per heavy atom. The minimum Gasteiger partial charge on any atom is -0.399 e. The first-order valence-electron chi connectivity index (χ1n) is 6.55. The molecular weight excluding hydrogens is 226 g/mol. The highest BCUT2D eigenvalue weighted by atomic mass is 16.6. The Bertz CT molecular complexity index is 388. The van der Waals surface area contributed by atoms with Crippen molar-refractivity contribution in [1.82, 2.24) is 0 Å². The van der Waals surface area contributed by atoms with Crippen molar-refractivity contribution < 1.29 is 9.94 Å². The highest BCUT2D eigenvalue weighted by Gasteiger charge is 2.17. The number of rotatable bonds is 7. The molecule has 0 aromatic heterocycles. The van der Waals surface area contributed by atoms with E-state index in [1.165, 1.54) is 7.11 Å². The lowest BCUT2D eigenvalue weighted by molar-refractivity contribution is 0.190. The van der Waals surface area contributed by atoms with Crippen LogP contribution in [0.5, 0.6) is 0 Å². The monoisotopic (exact) mass is 249 g/mol. The van der Waals surface area contributed by atoms with Crippen LogP contribution in [-0.4, -0.2) is 24.0 Å². The fourth-order valence-electron chi connectivity index (χ4n) is 1.97. The summed E-state index contributed by atoms with van der Waals surface area (Å²) in [7, 11) is 1.51. The van der Waals surface area contributed by atoms with E-state index in [0.29, 0.717) is 5.71 Å². The predicted molar refractivity (Wildman–Crippen MR) is 74.9 cm³/mol. The Kier molecular flexibility index (Phi) is 6.44. The van der Waals surface area contributed by atoms with Crippen LogP contribution in [0.2, 0.25) is 0 Å². The number of hydrogen-bond donors (Lipinski definition) is 1. The summed E-state index contributed by atoms with van der Waals surface area (Å²) < 4.78 is 0. The lowest BCUT2D eigenvalue weighted by atomic mass is 9.97. The van der Waals surface area contributed by atoms with Crippen LogP contribution in [0.1, 0.15) is 43.7 Å². The van der Waals surface area contributed by atoms with Crippen LogP contribution < -0.4 is 0 Å². The summed E-state index contributed by atoms with van der Waals surface area (Å²) in [4.78, 5) is 4.87. The molecule has 0 bridgehead atoms. The third kappa shape index (κ3) is 4.15. The van der Waals surface area contributed by atoms with Gasteiger partial charge in [0, 0.05) is 5.56 Å². The Morgan fingerprint density at radius 2 is 2.06 bits per heavy atom. The summed E-state index contributed by atoms with van der Waals surface area (Å²) in [6, 6.07) is 7.91. The Balaban J connectivity index is 2.83. The van der Waals surface area contributed by atoms with Gasteiger partial charge in [0.1, 0.15) is 12.8 Å². The van der Waals surface area contributed by atoms with Gasteiger partial charge >= 0.3 is 0 Å². The lowest BCUT2D eigenvalue weighted by Crippen LogP contribution is -2.22. The molecule has 3 nitrogen and oxygen atoms in total. The molecule has 1 N–H and O–H groups in total. The number of unbranched alkanes of at least 4 members (excludes halogenated alkanes) is 2. The zero-order valence-corrected chi connectivity index (χ0v) is 11.5. The lowest BCUT2D eigenvalue weighted by Gasteiger charge is -2.15. The van der Waals surface area contributed by atoms with Crippen LogP contribution in [0, 0.1) is 6.92 Å². The summed E-state index contributed by atoms with van der Waals surface area (Å²) in [5.41, 5.74) is 2.69. The minimum atomic E-state index is -0.558. The average molecular weight is 249 g/mol. The highest BCUT2D eigenvalue weighted by molar-refractivity contribution is 6.04. The summed E-state index contributed by atoms with van der Waals surface area (Å²) in [5.74, 6) is 0. The summed E-state index contributed by atoms with van der Waals surface area (Å²) in [6.45, 7) is 4.16. The molecule has 1 aromatic rings. The number of aliphatic hydroxyl groups excluding tert-OH is 1. The number of oxime groups is 1. The van der Waals surface area contributed by atoms with Gasteiger partial charge in [0.15, 0.2) is 0 Å². The van der Waals surface area contributed by atoms with E-state index in [0.717, 1.165) is 36.8 Å². The molecule has 3 heteroatoms. The molecule has 100 valence electrons. The van der Waals surface area contributed by atoms with E-state index in [9.17, 15) is 5.11 Å². The maximum atomic E-state index is 10.2. The number of aliphatic hydroxyl groups is 1. The van der Waals surface area contributed by atoms with Gasteiger partial charge in [-0.1, -0.05) is 55.6 Å². The van der Waals surface area contributed by atoms with Crippen LogP contribution >= 0.6 is 0 Å². The van der Waals surface area contributed by atoms with E-state index in [-0.39, 0.29) is 0 Å². The maximum Gasteiger partial charge on any atom is 0.116 e. The first kappa shape index (κ1) is 14.7. The van der Waals surface area contributed by atoms with E-state index in [4.69, 9.17) is 4.84 Å². The molecule has 1 aromatic carbocycles. The molecule has 1 atom stereocenters. The van der Waals surface area contributed by atoms with Gasteiger partial charge in [-0.15, -0.1) is 0 Å². The standard InChI is InChI=1S/C15H23NO2/c1-4-5-6-11-14(17)15(16-18-3)13-10-8-7-9-12(13)2/h7-10,14,17H,4-6,11H2,1-3H3/b16-15+/t14-/m1/s1. The molecule has 0 saturated carbocycles. The molecule has 0 aliphatic heterocycles. The summed E-state index contributed by atoms with van der Waals surface area (Å²) in [5, 5.41) is 14.2. The van der Waals surface area contributed by atoms with E-state index in [1.807, 2.05) is 31.2 Å². The zero-order valence-electron chi connectivity index (χ0n) is 11.5. The van der Waals surface area contributed by atoms with E-state index >= 15 is 0 Å². The molecular formula is C15H23NO2. The molecule has 0 amide bonds. The maximum absolute atomic E-state index is 10.2. The van der Waals surface area contributed by atoms with E-state index in [2.05, 4.69) is 12.1 Å². The van der Waals surface area contributed by atoms with Crippen molar-refractivity contribution >= 4 is 5.71 Å². The minimum absolute atomic E-state index is 0.558. The van der Waals surface area contributed by atoms with Gasteiger partial charge in [-0.3, -0.25) is 0 Å². The predicted octanol–water partition coefficient (Wildman–Crippen LogP) is 3.29. The van der Waals surface area contributed by atoms with Gasteiger partial charge in [-0.2, -0.15) is 0 Å². The van der Waals surface area contributed by atoms with Crippen molar-refractivity contribution in [3.63, 3.8) is 0 Å². The van der Waals surface area contributed by atoms with Crippen LogP contribution in [0.15, 0.2) is 29.4 Å². The molecule has 0 aliphatic carbocycles. The van der Waals surface area contributed by atoms with Crippen molar-refractivity contribution in [2.75, 3.05) is 7.11 Å². The zero-order chi connectivity index (χ0) is 13.4. The van der Waals surface area contributed by atoms with Gasteiger partial charge < -0.3 is 9.94 Å². The number of hydrogen-bond acceptors (Lipinski definition) is 3. The Morgan fingerprint density at radius 3 is 2.67 bits per heavy atom. The van der Waals surface area contributed by atoms with Crippen LogP contribution in [0.25, 0.3) is 0 Å². The van der Waals surface area contributed by atoms with Gasteiger partial charge in [0.25, 0.3) is 0 Å². The molecule has 0 radical (unpaired) electrons. The van der Waals surface area contributed by atoms with Crippen molar-refractivity contribution in [3.8, 4) is 0 Å². The second-order valence-electron chi connectivity index (χ2n) is 4.49. The largest absolute Gasteiger partial charge is 0.399 e. The SMILES string of the molecule is CCCCC[C@@H](O)/C(=N/OC)c1ccccc1C. The van der Waals surface area contributed by atoms with Gasteiger partial charge in [0.2, 0.25) is 0 Å². The van der Waals surface area contributed by atoms with Gasteiger partial charge in [-0.05, 0) is 18.9 Å². The molecule has 0 fully saturated rings. The average Bonchev–Trinajstić information content (AvgIpc) is 2.37. The van der Waals surface area contributed by atoms with Gasteiger partial charge in [-0.25, -0.2) is 0 Å². The molecule has 0 unspecified atom stereocenters. The van der Waals surface area contributed by atoms with Gasteiger partial charge in [0.05, 0.1) is 6.10 Å². The topological polar surface area (TPSA) is 41.8 Å². The molecule has 1 rings (SSSR count). The van der Waals surface area contributed by atoms with Crippen molar-refractivity contribution in [3.05, 3.63) is 35.4 Å². The highest BCUT2D eigenvalue weighted by Crippen LogP contribution is 2.15. The summed E-state index contributed by atoms with van der Waals surface area (Å²) in [6.07, 6.45) is 3.45. The third-order valence-electron chi connectivity index (χ3n) is 3.01. The smallest absolute Gasteiger partial charge is 0.116 e. The number of aryl methyl sites for hydroxylation is 1. The molecule has 0 heterocycles. The summed E-state index contributed by atoms with van der Waals surface area (Å²) >= 11 is 0. The number of benzene rings is 1.